The molecule has 0 saturated carbocycles. The van der Waals surface area contributed by atoms with Crippen LogP contribution in [0.3, 0.4) is 0 Å². The second kappa shape index (κ2) is 8.94. The third-order valence-electron chi connectivity index (χ3n) is 4.38. The molecule has 0 amide bonds. The number of nitrogens with zero attached hydrogens (tertiary/aromatic N) is 2. The molecule has 0 radical (unpaired) electrons. The van der Waals surface area contributed by atoms with Gasteiger partial charge in [0.25, 0.3) is 10.1 Å². The molecule has 2 aromatic carbocycles. The lowest BCUT2D eigenvalue weighted by atomic mass is 9.95. The fourth-order valence-electron chi connectivity index (χ4n) is 2.98. The van der Waals surface area contributed by atoms with Crippen molar-refractivity contribution in [1.82, 2.24) is 9.97 Å². The van der Waals surface area contributed by atoms with Gasteiger partial charge in [0.1, 0.15) is 12.4 Å². The van der Waals surface area contributed by atoms with Crippen LogP contribution in [0.25, 0.3) is 22.3 Å². The maximum atomic E-state index is 11.5. The molecule has 29 heavy (non-hydrogen) atoms. The highest BCUT2D eigenvalue weighted by molar-refractivity contribution is 7.98. The lowest BCUT2D eigenvalue weighted by Gasteiger charge is -2.15. The van der Waals surface area contributed by atoms with Crippen LogP contribution in [0.1, 0.15) is 11.3 Å². The Morgan fingerprint density at radius 1 is 1.07 bits per heavy atom. The summed E-state index contributed by atoms with van der Waals surface area (Å²) >= 11 is 1.37. The van der Waals surface area contributed by atoms with Crippen molar-refractivity contribution in [2.24, 2.45) is 0 Å². The Bertz CT molecular complexity index is 1130. The van der Waals surface area contributed by atoms with Gasteiger partial charge < -0.3 is 4.74 Å². The molecule has 0 bridgehead atoms. The highest BCUT2D eigenvalue weighted by Crippen LogP contribution is 2.36. The second-order valence-electron chi connectivity index (χ2n) is 6.41. The summed E-state index contributed by atoms with van der Waals surface area (Å²) in [6.07, 6.45) is 4.55. The van der Waals surface area contributed by atoms with Crippen LogP contribution < -0.4 is 4.74 Å². The second-order valence-corrected chi connectivity index (χ2v) is 8.83. The van der Waals surface area contributed by atoms with Crippen molar-refractivity contribution < 1.29 is 17.3 Å². The van der Waals surface area contributed by atoms with Crippen molar-refractivity contribution in [1.29, 1.82) is 0 Å². The van der Waals surface area contributed by atoms with E-state index in [4.69, 9.17) is 8.92 Å². The first-order valence-corrected chi connectivity index (χ1v) is 11.8. The van der Waals surface area contributed by atoms with Crippen molar-refractivity contribution in [2.45, 2.75) is 18.7 Å². The van der Waals surface area contributed by atoms with Gasteiger partial charge in [-0.1, -0.05) is 42.1 Å². The van der Waals surface area contributed by atoms with Crippen LogP contribution in [0, 0.1) is 6.92 Å². The molecule has 8 heteroatoms. The van der Waals surface area contributed by atoms with Gasteiger partial charge in [-0.2, -0.15) is 8.42 Å². The van der Waals surface area contributed by atoms with Crippen LogP contribution >= 0.6 is 11.8 Å². The summed E-state index contributed by atoms with van der Waals surface area (Å²) in [4.78, 5) is 8.84. The first-order valence-electron chi connectivity index (χ1n) is 8.81. The zero-order chi connectivity index (χ0) is 21.0. The average molecular weight is 431 g/mol. The standard InChI is InChI=1S/C21H22N2O4S2/c1-14-7-5-6-8-16(14)15-9-10-20(26-2)17(11-15)18-12-22-21(28-3)23-19(18)13-27-29(4,24)25/h5-12H,13H2,1-4H3. The summed E-state index contributed by atoms with van der Waals surface area (Å²) in [5, 5.41) is 0.537. The third kappa shape index (κ3) is 5.14. The molecule has 0 aliphatic rings. The summed E-state index contributed by atoms with van der Waals surface area (Å²) in [6, 6.07) is 14.0. The molecular weight excluding hydrogens is 408 g/mol. The molecule has 3 aromatic rings. The summed E-state index contributed by atoms with van der Waals surface area (Å²) in [7, 11) is -2.02. The first kappa shape index (κ1) is 21.3. The van der Waals surface area contributed by atoms with Crippen molar-refractivity contribution in [3.63, 3.8) is 0 Å². The van der Waals surface area contributed by atoms with Crippen LogP contribution in [0.15, 0.2) is 53.8 Å². The van der Waals surface area contributed by atoms with E-state index in [9.17, 15) is 8.42 Å². The van der Waals surface area contributed by atoms with E-state index >= 15 is 0 Å². The number of aromatic nitrogens is 2. The topological polar surface area (TPSA) is 78.4 Å². The van der Waals surface area contributed by atoms with Crippen molar-refractivity contribution >= 4 is 21.9 Å². The Balaban J connectivity index is 2.16. The van der Waals surface area contributed by atoms with E-state index in [1.165, 1.54) is 11.8 Å². The fourth-order valence-corrected chi connectivity index (χ4v) is 3.66. The van der Waals surface area contributed by atoms with Crippen LogP contribution in [0.5, 0.6) is 5.75 Å². The number of ether oxygens (including phenoxy) is 1. The molecular formula is C21H22N2O4S2. The molecule has 0 unspecified atom stereocenters. The predicted octanol–water partition coefficient (Wildman–Crippen LogP) is 4.33. The number of methoxy groups -OCH3 is 1. The van der Waals surface area contributed by atoms with E-state index in [1.807, 2.05) is 36.6 Å². The van der Waals surface area contributed by atoms with Gasteiger partial charge in [0.05, 0.1) is 19.1 Å². The maximum absolute atomic E-state index is 11.5. The van der Waals surface area contributed by atoms with Crippen molar-refractivity contribution in [3.05, 3.63) is 59.9 Å². The number of hydrogen-bond acceptors (Lipinski definition) is 7. The SMILES string of the molecule is COc1ccc(-c2ccccc2C)cc1-c1cnc(SC)nc1COS(C)(=O)=O. The van der Waals surface area contributed by atoms with Gasteiger partial charge in [0, 0.05) is 17.3 Å². The summed E-state index contributed by atoms with van der Waals surface area (Å²) in [6.45, 7) is 1.88. The van der Waals surface area contributed by atoms with E-state index < -0.39 is 10.1 Å². The van der Waals surface area contributed by atoms with Crippen LogP contribution in [-0.4, -0.2) is 38.0 Å². The molecule has 3 rings (SSSR count). The van der Waals surface area contributed by atoms with E-state index in [0.717, 1.165) is 28.5 Å². The minimum absolute atomic E-state index is 0.179. The van der Waals surface area contributed by atoms with Gasteiger partial charge in [0.15, 0.2) is 5.16 Å². The van der Waals surface area contributed by atoms with Gasteiger partial charge >= 0.3 is 0 Å². The highest BCUT2D eigenvalue weighted by atomic mass is 32.2. The molecule has 6 nitrogen and oxygen atoms in total. The molecule has 1 heterocycles. The molecule has 152 valence electrons. The average Bonchev–Trinajstić information content (AvgIpc) is 2.71. The quantitative estimate of drug-likeness (QED) is 0.314. The fraction of sp³-hybridized carbons (Fsp3) is 0.238. The number of aryl methyl sites for hydroxylation is 1. The zero-order valence-corrected chi connectivity index (χ0v) is 18.3. The predicted molar refractivity (Wildman–Crippen MR) is 116 cm³/mol. The molecule has 0 aliphatic carbocycles. The molecule has 0 N–H and O–H groups in total. The largest absolute Gasteiger partial charge is 0.496 e. The van der Waals surface area contributed by atoms with Gasteiger partial charge in [-0.3, -0.25) is 4.18 Å². The summed E-state index contributed by atoms with van der Waals surface area (Å²) in [5.74, 6) is 0.642. The molecule has 0 atom stereocenters. The lowest BCUT2D eigenvalue weighted by molar-refractivity contribution is 0.306. The van der Waals surface area contributed by atoms with Crippen LogP contribution in [-0.2, 0) is 20.9 Å². The highest BCUT2D eigenvalue weighted by Gasteiger charge is 2.17. The smallest absolute Gasteiger partial charge is 0.264 e. The van der Waals surface area contributed by atoms with Gasteiger partial charge in [-0.05, 0) is 42.0 Å². The van der Waals surface area contributed by atoms with E-state index in [0.29, 0.717) is 22.2 Å². The van der Waals surface area contributed by atoms with Crippen molar-refractivity contribution in [3.8, 4) is 28.0 Å². The monoisotopic (exact) mass is 430 g/mol. The van der Waals surface area contributed by atoms with E-state index in [1.54, 1.807) is 13.3 Å². The number of rotatable bonds is 7. The van der Waals surface area contributed by atoms with E-state index in [2.05, 4.69) is 29.0 Å². The summed E-state index contributed by atoms with van der Waals surface area (Å²) < 4.78 is 33.6. The first-order chi connectivity index (χ1) is 13.8. The Labute approximate surface area is 175 Å². The van der Waals surface area contributed by atoms with Gasteiger partial charge in [-0.15, -0.1) is 0 Å². The number of thioether (sulfide) groups is 1. The van der Waals surface area contributed by atoms with Gasteiger partial charge in [-0.25, -0.2) is 9.97 Å². The molecule has 1 aromatic heterocycles. The zero-order valence-electron chi connectivity index (χ0n) is 16.7. The Kier molecular flexibility index (Phi) is 6.56. The minimum Gasteiger partial charge on any atom is -0.496 e. The lowest BCUT2D eigenvalue weighted by Crippen LogP contribution is -2.07. The Morgan fingerprint density at radius 2 is 1.83 bits per heavy atom. The summed E-state index contributed by atoms with van der Waals surface area (Å²) in [5.41, 5.74) is 5.19. The van der Waals surface area contributed by atoms with Crippen molar-refractivity contribution in [2.75, 3.05) is 19.6 Å². The van der Waals surface area contributed by atoms with Crippen LogP contribution in [0.2, 0.25) is 0 Å². The maximum Gasteiger partial charge on any atom is 0.264 e. The Morgan fingerprint density at radius 3 is 2.48 bits per heavy atom. The number of benzene rings is 2. The molecule has 0 aliphatic heterocycles. The van der Waals surface area contributed by atoms with E-state index in [-0.39, 0.29) is 6.61 Å². The Hall–Kier alpha value is -2.42. The normalized spacial score (nSPS) is 11.4. The van der Waals surface area contributed by atoms with Gasteiger partial charge in [0.2, 0.25) is 0 Å². The number of hydrogen-bond donors (Lipinski definition) is 0. The molecule has 0 saturated heterocycles. The van der Waals surface area contributed by atoms with Crippen LogP contribution in [0.4, 0.5) is 0 Å². The third-order valence-corrected chi connectivity index (χ3v) is 5.49. The molecule has 0 spiro atoms. The molecule has 0 fully saturated rings. The minimum atomic E-state index is -3.61.